The molecule has 1 unspecified atom stereocenters. The van der Waals surface area contributed by atoms with E-state index >= 15 is 0 Å². The SMILES string of the molecule is O=C(NCC(N1CCNCC1)C(F)(F)F)c1ccc(Br)cc1F. The van der Waals surface area contributed by atoms with Gasteiger partial charge in [0, 0.05) is 37.2 Å². The molecule has 1 heterocycles. The van der Waals surface area contributed by atoms with Crippen molar-refractivity contribution in [2.45, 2.75) is 12.2 Å². The van der Waals surface area contributed by atoms with Crippen LogP contribution in [0.3, 0.4) is 0 Å². The van der Waals surface area contributed by atoms with Crippen LogP contribution in [0.5, 0.6) is 0 Å². The molecule has 1 aliphatic heterocycles. The van der Waals surface area contributed by atoms with E-state index in [1.165, 1.54) is 17.0 Å². The Morgan fingerprint density at radius 3 is 2.57 bits per heavy atom. The first-order valence-corrected chi connectivity index (χ1v) is 7.83. The number of hydrogen-bond donors (Lipinski definition) is 2. The fourth-order valence-electron chi connectivity index (χ4n) is 2.40. The molecule has 1 saturated heterocycles. The molecule has 0 radical (unpaired) electrons. The van der Waals surface area contributed by atoms with E-state index in [2.05, 4.69) is 26.6 Å². The first-order valence-electron chi connectivity index (χ1n) is 7.04. The summed E-state index contributed by atoms with van der Waals surface area (Å²) in [5.74, 6) is -1.65. The van der Waals surface area contributed by atoms with Crippen molar-refractivity contribution in [1.82, 2.24) is 15.5 Å². The van der Waals surface area contributed by atoms with Gasteiger partial charge in [-0.05, 0) is 18.2 Å². The predicted molar refractivity (Wildman–Crippen MR) is 80.7 cm³/mol. The number of benzene rings is 1. The van der Waals surface area contributed by atoms with E-state index in [1.807, 2.05) is 0 Å². The molecule has 0 saturated carbocycles. The molecule has 1 fully saturated rings. The van der Waals surface area contributed by atoms with Gasteiger partial charge in [0.05, 0.1) is 5.56 Å². The van der Waals surface area contributed by atoms with E-state index in [-0.39, 0.29) is 18.7 Å². The van der Waals surface area contributed by atoms with E-state index in [9.17, 15) is 22.4 Å². The summed E-state index contributed by atoms with van der Waals surface area (Å²) < 4.78 is 53.7. The summed E-state index contributed by atoms with van der Waals surface area (Å²) in [5.41, 5.74) is -0.283. The van der Waals surface area contributed by atoms with Crippen LogP contribution in [0.1, 0.15) is 10.4 Å². The lowest BCUT2D eigenvalue weighted by atomic mass is 10.1. The summed E-state index contributed by atoms with van der Waals surface area (Å²) in [6, 6.07) is 1.98. The van der Waals surface area contributed by atoms with Gasteiger partial charge >= 0.3 is 6.18 Å². The molecule has 0 aliphatic carbocycles. The molecule has 1 aliphatic rings. The Balaban J connectivity index is 2.04. The average molecular weight is 398 g/mol. The summed E-state index contributed by atoms with van der Waals surface area (Å²) in [7, 11) is 0. The molecule has 4 nitrogen and oxygen atoms in total. The maximum atomic E-state index is 13.7. The summed E-state index contributed by atoms with van der Waals surface area (Å²) in [4.78, 5) is 13.2. The maximum Gasteiger partial charge on any atom is 0.405 e. The zero-order chi connectivity index (χ0) is 17.0. The third-order valence-electron chi connectivity index (χ3n) is 3.60. The number of nitrogens with one attached hydrogen (secondary N) is 2. The highest BCUT2D eigenvalue weighted by molar-refractivity contribution is 9.10. The van der Waals surface area contributed by atoms with Crippen molar-refractivity contribution in [3.8, 4) is 0 Å². The Morgan fingerprint density at radius 2 is 2.00 bits per heavy atom. The molecule has 2 N–H and O–H groups in total. The summed E-state index contributed by atoms with van der Waals surface area (Å²) in [6.45, 7) is 0.793. The van der Waals surface area contributed by atoms with E-state index < -0.39 is 30.5 Å². The Labute approximate surface area is 139 Å². The van der Waals surface area contributed by atoms with Crippen LogP contribution in [0.4, 0.5) is 17.6 Å². The van der Waals surface area contributed by atoms with Crippen LogP contribution in [-0.4, -0.2) is 55.7 Å². The van der Waals surface area contributed by atoms with E-state index in [1.54, 1.807) is 0 Å². The number of carbonyl (C=O) groups is 1. The van der Waals surface area contributed by atoms with Crippen molar-refractivity contribution in [3.05, 3.63) is 34.1 Å². The van der Waals surface area contributed by atoms with Crippen LogP contribution in [0.2, 0.25) is 0 Å². The lowest BCUT2D eigenvalue weighted by molar-refractivity contribution is -0.183. The van der Waals surface area contributed by atoms with Gasteiger partial charge < -0.3 is 10.6 Å². The normalized spacial score (nSPS) is 17.8. The average Bonchev–Trinajstić information content (AvgIpc) is 2.47. The van der Waals surface area contributed by atoms with Gasteiger partial charge in [0.1, 0.15) is 11.9 Å². The largest absolute Gasteiger partial charge is 0.405 e. The summed E-state index contributed by atoms with van der Waals surface area (Å²) >= 11 is 3.05. The molecule has 2 rings (SSSR count). The van der Waals surface area contributed by atoms with Crippen LogP contribution < -0.4 is 10.6 Å². The minimum atomic E-state index is -4.47. The number of piperazine rings is 1. The highest BCUT2D eigenvalue weighted by atomic mass is 79.9. The molecule has 0 bridgehead atoms. The van der Waals surface area contributed by atoms with Crippen LogP contribution in [-0.2, 0) is 0 Å². The number of alkyl halides is 3. The predicted octanol–water partition coefficient (Wildman–Crippen LogP) is 2.15. The molecule has 0 aromatic heterocycles. The number of rotatable bonds is 4. The minimum Gasteiger partial charge on any atom is -0.350 e. The highest BCUT2D eigenvalue weighted by Crippen LogP contribution is 2.25. The van der Waals surface area contributed by atoms with E-state index in [0.29, 0.717) is 17.6 Å². The zero-order valence-electron chi connectivity index (χ0n) is 12.1. The fourth-order valence-corrected chi connectivity index (χ4v) is 2.74. The lowest BCUT2D eigenvalue weighted by Gasteiger charge is -2.35. The van der Waals surface area contributed by atoms with Crippen molar-refractivity contribution >= 4 is 21.8 Å². The summed E-state index contributed by atoms with van der Waals surface area (Å²) in [5, 5.41) is 5.16. The second-order valence-electron chi connectivity index (χ2n) is 5.18. The van der Waals surface area contributed by atoms with Gasteiger partial charge in [0.2, 0.25) is 0 Å². The molecular weight excluding hydrogens is 382 g/mol. The third kappa shape index (κ3) is 4.89. The van der Waals surface area contributed by atoms with Crippen molar-refractivity contribution in [2.24, 2.45) is 0 Å². The van der Waals surface area contributed by atoms with Crippen molar-refractivity contribution in [3.63, 3.8) is 0 Å². The van der Waals surface area contributed by atoms with Gasteiger partial charge in [-0.1, -0.05) is 15.9 Å². The Morgan fingerprint density at radius 1 is 1.35 bits per heavy atom. The molecule has 1 aromatic carbocycles. The second-order valence-corrected chi connectivity index (χ2v) is 6.09. The second kappa shape index (κ2) is 7.59. The number of carbonyl (C=O) groups excluding carboxylic acids is 1. The zero-order valence-corrected chi connectivity index (χ0v) is 13.7. The molecular formula is C14H16BrF4N3O. The molecule has 0 spiro atoms. The Bertz CT molecular complexity index is 561. The van der Waals surface area contributed by atoms with Crippen LogP contribution in [0.25, 0.3) is 0 Å². The molecule has 1 aromatic rings. The fraction of sp³-hybridized carbons (Fsp3) is 0.500. The van der Waals surface area contributed by atoms with Gasteiger partial charge in [-0.2, -0.15) is 13.2 Å². The Kier molecular flexibility index (Phi) is 5.99. The molecule has 1 atom stereocenters. The van der Waals surface area contributed by atoms with Crippen LogP contribution >= 0.6 is 15.9 Å². The smallest absolute Gasteiger partial charge is 0.350 e. The quantitative estimate of drug-likeness (QED) is 0.765. The number of hydrogen-bond acceptors (Lipinski definition) is 3. The number of halogens is 5. The van der Waals surface area contributed by atoms with Gasteiger partial charge in [0.25, 0.3) is 5.91 Å². The van der Waals surface area contributed by atoms with E-state index in [4.69, 9.17) is 0 Å². The van der Waals surface area contributed by atoms with Gasteiger partial charge in [-0.3, -0.25) is 9.69 Å². The topological polar surface area (TPSA) is 44.4 Å². The lowest BCUT2D eigenvalue weighted by Crippen LogP contribution is -2.57. The maximum absolute atomic E-state index is 13.7. The van der Waals surface area contributed by atoms with Crippen LogP contribution in [0, 0.1) is 5.82 Å². The minimum absolute atomic E-state index is 0.243. The highest BCUT2D eigenvalue weighted by Gasteiger charge is 2.43. The third-order valence-corrected chi connectivity index (χ3v) is 4.10. The van der Waals surface area contributed by atoms with Gasteiger partial charge in [0.15, 0.2) is 0 Å². The monoisotopic (exact) mass is 397 g/mol. The van der Waals surface area contributed by atoms with Gasteiger partial charge in [-0.15, -0.1) is 0 Å². The standard InChI is InChI=1S/C14H16BrF4N3O/c15-9-1-2-10(11(16)7-9)13(23)21-8-12(14(17,18)19)22-5-3-20-4-6-22/h1-2,7,12,20H,3-6,8H2,(H,21,23). The summed E-state index contributed by atoms with van der Waals surface area (Å²) in [6.07, 6.45) is -4.47. The molecule has 128 valence electrons. The van der Waals surface area contributed by atoms with Crippen molar-refractivity contribution < 1.29 is 22.4 Å². The first-order chi connectivity index (χ1) is 10.8. The van der Waals surface area contributed by atoms with Crippen molar-refractivity contribution in [1.29, 1.82) is 0 Å². The van der Waals surface area contributed by atoms with Crippen LogP contribution in [0.15, 0.2) is 22.7 Å². The number of nitrogens with zero attached hydrogens (tertiary/aromatic N) is 1. The molecule has 23 heavy (non-hydrogen) atoms. The molecule has 1 amide bonds. The van der Waals surface area contributed by atoms with E-state index in [0.717, 1.165) is 6.07 Å². The van der Waals surface area contributed by atoms with Gasteiger partial charge in [-0.25, -0.2) is 4.39 Å². The Hall–Kier alpha value is -1.19. The number of amides is 1. The first kappa shape index (κ1) is 18.2. The van der Waals surface area contributed by atoms with Crippen molar-refractivity contribution in [2.75, 3.05) is 32.7 Å². The molecule has 9 heteroatoms.